The second kappa shape index (κ2) is 9.19. The van der Waals surface area contributed by atoms with Crippen LogP contribution in [0.15, 0.2) is 36.6 Å². The molecule has 0 unspecified atom stereocenters. The van der Waals surface area contributed by atoms with Crippen LogP contribution in [0, 0.1) is 13.8 Å². The van der Waals surface area contributed by atoms with Gasteiger partial charge in [-0.3, -0.25) is 4.98 Å². The van der Waals surface area contributed by atoms with Gasteiger partial charge in [0, 0.05) is 22.3 Å². The zero-order chi connectivity index (χ0) is 23.6. The Kier molecular flexibility index (Phi) is 6.77. The Balaban J connectivity index is 2.37. The van der Waals surface area contributed by atoms with E-state index in [1.807, 2.05) is 71.9 Å². The number of rotatable bonds is 5. The Morgan fingerprint density at radius 3 is 2.34 bits per heavy atom. The molecule has 32 heavy (non-hydrogen) atoms. The summed E-state index contributed by atoms with van der Waals surface area (Å²) in [5, 5.41) is 1.03. The third-order valence-electron chi connectivity index (χ3n) is 5.06. The Labute approximate surface area is 191 Å². The van der Waals surface area contributed by atoms with E-state index in [4.69, 9.17) is 9.47 Å². The summed E-state index contributed by atoms with van der Waals surface area (Å²) in [4.78, 5) is 18.0. The lowest BCUT2D eigenvalue weighted by Crippen LogP contribution is -2.27. The summed E-state index contributed by atoms with van der Waals surface area (Å²) in [7, 11) is 0. The van der Waals surface area contributed by atoms with Crippen molar-refractivity contribution in [1.82, 2.24) is 9.55 Å². The molecule has 0 N–H and O–H groups in total. The zero-order valence-corrected chi connectivity index (χ0v) is 20.4. The standard InChI is InChI=1S/C27H34N2O3/c1-9-31-13-12-20-10-11-23-22(16-20)24(17(2)3)25(21-14-18(4)28-19(5)15-21)29(23)26(30)32-27(6,7)8/h10-17H,9H2,1-8H3. The number of benzene rings is 1. The first-order valence-electron chi connectivity index (χ1n) is 11.2. The Hall–Kier alpha value is -3.08. The lowest BCUT2D eigenvalue weighted by Gasteiger charge is -2.21. The summed E-state index contributed by atoms with van der Waals surface area (Å²) in [6.07, 6.45) is 3.27. The summed E-state index contributed by atoms with van der Waals surface area (Å²) < 4.78 is 12.9. The van der Waals surface area contributed by atoms with Crippen LogP contribution in [-0.2, 0) is 9.47 Å². The van der Waals surface area contributed by atoms with Gasteiger partial charge in [0.05, 0.1) is 24.1 Å². The fourth-order valence-electron chi connectivity index (χ4n) is 4.00. The molecule has 3 aromatic rings. The monoisotopic (exact) mass is 434 g/mol. The molecule has 2 heterocycles. The average molecular weight is 435 g/mol. The zero-order valence-electron chi connectivity index (χ0n) is 20.4. The van der Waals surface area contributed by atoms with E-state index >= 15 is 0 Å². The third-order valence-corrected chi connectivity index (χ3v) is 5.06. The van der Waals surface area contributed by atoms with E-state index in [2.05, 4.69) is 24.9 Å². The Morgan fingerprint density at radius 1 is 1.12 bits per heavy atom. The van der Waals surface area contributed by atoms with Crippen LogP contribution in [-0.4, -0.2) is 27.9 Å². The van der Waals surface area contributed by atoms with Crippen LogP contribution < -0.4 is 0 Å². The summed E-state index contributed by atoms with van der Waals surface area (Å²) in [6.45, 7) is 16.5. The first-order valence-corrected chi connectivity index (χ1v) is 11.2. The molecule has 170 valence electrons. The van der Waals surface area contributed by atoms with Crippen LogP contribution in [0.3, 0.4) is 0 Å². The number of hydrogen-bond acceptors (Lipinski definition) is 4. The number of fused-ring (bicyclic) bond motifs is 1. The number of hydrogen-bond donors (Lipinski definition) is 0. The van der Waals surface area contributed by atoms with Crippen LogP contribution in [0.5, 0.6) is 0 Å². The van der Waals surface area contributed by atoms with Gasteiger partial charge in [-0.2, -0.15) is 0 Å². The number of aryl methyl sites for hydroxylation is 2. The van der Waals surface area contributed by atoms with Crippen molar-refractivity contribution in [3.8, 4) is 11.3 Å². The fraction of sp³-hybridized carbons (Fsp3) is 0.407. The molecule has 0 aliphatic heterocycles. The van der Waals surface area contributed by atoms with Gasteiger partial charge in [0.15, 0.2) is 0 Å². The quantitative estimate of drug-likeness (QED) is 0.397. The van der Waals surface area contributed by atoms with E-state index in [0.717, 1.165) is 44.7 Å². The maximum Gasteiger partial charge on any atom is 0.419 e. The van der Waals surface area contributed by atoms with Gasteiger partial charge in [-0.15, -0.1) is 0 Å². The van der Waals surface area contributed by atoms with Gasteiger partial charge in [-0.05, 0) is 88.9 Å². The van der Waals surface area contributed by atoms with Crippen LogP contribution in [0.2, 0.25) is 0 Å². The van der Waals surface area contributed by atoms with Crippen molar-refractivity contribution in [2.24, 2.45) is 0 Å². The average Bonchev–Trinajstić information content (AvgIpc) is 3.01. The van der Waals surface area contributed by atoms with E-state index in [-0.39, 0.29) is 12.0 Å². The van der Waals surface area contributed by atoms with Gasteiger partial charge in [0.25, 0.3) is 0 Å². The normalized spacial score (nSPS) is 12.2. The molecule has 0 atom stereocenters. The topological polar surface area (TPSA) is 53.4 Å². The van der Waals surface area contributed by atoms with Crippen molar-refractivity contribution in [3.63, 3.8) is 0 Å². The van der Waals surface area contributed by atoms with Gasteiger partial charge in [-0.1, -0.05) is 19.9 Å². The molecule has 1 aromatic carbocycles. The number of aromatic nitrogens is 2. The van der Waals surface area contributed by atoms with Gasteiger partial charge in [0.2, 0.25) is 0 Å². The van der Waals surface area contributed by atoms with Crippen LogP contribution in [0.1, 0.15) is 70.0 Å². The molecule has 3 rings (SSSR count). The number of ether oxygens (including phenoxy) is 2. The van der Waals surface area contributed by atoms with Crippen molar-refractivity contribution < 1.29 is 14.3 Å². The van der Waals surface area contributed by atoms with Crippen molar-refractivity contribution in [3.05, 3.63) is 59.1 Å². The number of carbonyl (C=O) groups excluding carboxylic acids is 1. The smallest absolute Gasteiger partial charge is 0.419 e. The van der Waals surface area contributed by atoms with Gasteiger partial charge in [0.1, 0.15) is 5.60 Å². The molecular weight excluding hydrogens is 400 g/mol. The minimum atomic E-state index is -0.604. The molecule has 0 aliphatic carbocycles. The Morgan fingerprint density at radius 2 is 1.78 bits per heavy atom. The predicted molar refractivity (Wildman–Crippen MR) is 131 cm³/mol. The molecule has 0 amide bonds. The van der Waals surface area contributed by atoms with Crippen LogP contribution in [0.25, 0.3) is 28.2 Å². The molecule has 0 saturated heterocycles. The molecule has 2 aromatic heterocycles. The second-order valence-electron chi connectivity index (χ2n) is 9.41. The first kappa shape index (κ1) is 23.6. The summed E-state index contributed by atoms with van der Waals surface area (Å²) in [5.41, 5.74) is 6.01. The maximum atomic E-state index is 13.5. The predicted octanol–water partition coefficient (Wildman–Crippen LogP) is 7.23. The van der Waals surface area contributed by atoms with Crippen molar-refractivity contribution >= 4 is 23.1 Å². The van der Waals surface area contributed by atoms with Crippen LogP contribution in [0.4, 0.5) is 4.79 Å². The van der Waals surface area contributed by atoms with Crippen molar-refractivity contribution in [1.29, 1.82) is 0 Å². The highest BCUT2D eigenvalue weighted by molar-refractivity contribution is 6.00. The van der Waals surface area contributed by atoms with Crippen LogP contribution >= 0.6 is 0 Å². The Bertz CT molecular complexity index is 1140. The summed E-state index contributed by atoms with van der Waals surface area (Å²) in [6, 6.07) is 10.2. The highest BCUT2D eigenvalue weighted by atomic mass is 16.6. The minimum absolute atomic E-state index is 0.191. The molecule has 0 aliphatic rings. The minimum Gasteiger partial charge on any atom is -0.501 e. The molecule has 0 fully saturated rings. The fourth-order valence-corrected chi connectivity index (χ4v) is 4.00. The summed E-state index contributed by atoms with van der Waals surface area (Å²) >= 11 is 0. The van der Waals surface area contributed by atoms with Gasteiger partial charge in [-0.25, -0.2) is 9.36 Å². The third kappa shape index (κ3) is 5.04. The lowest BCUT2D eigenvalue weighted by atomic mass is 9.95. The SMILES string of the molecule is CCOC=Cc1ccc2c(c1)c(C(C)C)c(-c1cc(C)nc(C)c1)n2C(=O)OC(C)(C)C. The molecule has 5 heteroatoms. The molecule has 0 saturated carbocycles. The molecule has 0 bridgehead atoms. The number of pyridine rings is 1. The number of carbonyl (C=O) groups is 1. The van der Waals surface area contributed by atoms with E-state index in [0.29, 0.717) is 6.61 Å². The molecule has 0 radical (unpaired) electrons. The second-order valence-corrected chi connectivity index (χ2v) is 9.41. The van der Waals surface area contributed by atoms with E-state index < -0.39 is 5.60 Å². The summed E-state index contributed by atoms with van der Waals surface area (Å²) in [5.74, 6) is 0.191. The largest absolute Gasteiger partial charge is 0.501 e. The van der Waals surface area contributed by atoms with Gasteiger partial charge < -0.3 is 9.47 Å². The highest BCUT2D eigenvalue weighted by Crippen LogP contribution is 2.39. The van der Waals surface area contributed by atoms with E-state index in [1.54, 1.807) is 10.8 Å². The van der Waals surface area contributed by atoms with E-state index in [9.17, 15) is 4.79 Å². The molecule has 5 nitrogen and oxygen atoms in total. The lowest BCUT2D eigenvalue weighted by molar-refractivity contribution is 0.0547. The maximum absolute atomic E-state index is 13.5. The van der Waals surface area contributed by atoms with Gasteiger partial charge >= 0.3 is 6.09 Å². The molecular formula is C27H34N2O3. The first-order chi connectivity index (χ1) is 15.0. The van der Waals surface area contributed by atoms with E-state index in [1.165, 1.54) is 0 Å². The highest BCUT2D eigenvalue weighted by Gasteiger charge is 2.28. The van der Waals surface area contributed by atoms with Crippen molar-refractivity contribution in [2.45, 2.75) is 66.9 Å². The van der Waals surface area contributed by atoms with Crippen molar-refractivity contribution in [2.75, 3.05) is 6.61 Å². The molecule has 0 spiro atoms. The number of nitrogens with zero attached hydrogens (tertiary/aromatic N) is 2.